The molecule has 1 amide bonds. The van der Waals surface area contributed by atoms with Crippen LogP contribution in [0.15, 0.2) is 71.9 Å². The maximum absolute atomic E-state index is 13.2. The summed E-state index contributed by atoms with van der Waals surface area (Å²) in [6, 6.07) is 16.1. The molecule has 0 aliphatic heterocycles. The number of methoxy groups -OCH3 is 2. The highest BCUT2D eigenvalue weighted by Crippen LogP contribution is 2.27. The van der Waals surface area contributed by atoms with Gasteiger partial charge in [0.1, 0.15) is 5.82 Å². The molecule has 0 unspecified atom stereocenters. The van der Waals surface area contributed by atoms with Crippen LogP contribution < -0.4 is 20.1 Å². The standard InChI is InChI=1S/C22H21FN4O3/c1-29-19-11-6-15(13-20(19)30-2)21(28)27-22(25-14-18-5-3-4-12-24-18)26-17-9-7-16(23)8-10-17/h3-13H,14H2,1-2H3,(H2,25,26,27,28). The van der Waals surface area contributed by atoms with E-state index in [-0.39, 0.29) is 18.3 Å². The zero-order chi connectivity index (χ0) is 21.3. The molecule has 8 heteroatoms. The highest BCUT2D eigenvalue weighted by molar-refractivity contribution is 6.10. The molecule has 2 aromatic carbocycles. The van der Waals surface area contributed by atoms with Gasteiger partial charge in [-0.15, -0.1) is 0 Å². The van der Waals surface area contributed by atoms with E-state index in [1.807, 2.05) is 18.2 Å². The molecule has 0 spiro atoms. The predicted octanol–water partition coefficient (Wildman–Crippen LogP) is 3.64. The summed E-state index contributed by atoms with van der Waals surface area (Å²) in [6.45, 7) is 0.247. The van der Waals surface area contributed by atoms with E-state index in [9.17, 15) is 9.18 Å². The molecule has 1 aromatic heterocycles. The van der Waals surface area contributed by atoms with E-state index in [2.05, 4.69) is 20.6 Å². The fraction of sp³-hybridized carbons (Fsp3) is 0.136. The molecule has 3 aromatic rings. The van der Waals surface area contributed by atoms with Crippen LogP contribution >= 0.6 is 0 Å². The van der Waals surface area contributed by atoms with Crippen molar-refractivity contribution in [2.45, 2.75) is 6.54 Å². The van der Waals surface area contributed by atoms with E-state index < -0.39 is 5.91 Å². The number of aliphatic imine (C=N–C) groups is 1. The number of benzene rings is 2. The summed E-state index contributed by atoms with van der Waals surface area (Å²) in [5.41, 5.74) is 1.67. The lowest BCUT2D eigenvalue weighted by Crippen LogP contribution is -2.36. The number of ether oxygens (including phenoxy) is 2. The molecule has 0 saturated carbocycles. The number of carbonyl (C=O) groups is 1. The van der Waals surface area contributed by atoms with E-state index in [4.69, 9.17) is 9.47 Å². The van der Waals surface area contributed by atoms with Gasteiger partial charge in [-0.05, 0) is 54.6 Å². The van der Waals surface area contributed by atoms with E-state index in [0.29, 0.717) is 22.7 Å². The van der Waals surface area contributed by atoms with Crippen LogP contribution in [0.1, 0.15) is 16.1 Å². The highest BCUT2D eigenvalue weighted by atomic mass is 19.1. The number of aromatic nitrogens is 1. The molecule has 1 heterocycles. The second-order valence-corrected chi connectivity index (χ2v) is 6.14. The first-order chi connectivity index (χ1) is 14.6. The van der Waals surface area contributed by atoms with E-state index in [1.54, 1.807) is 36.5 Å². The molecule has 0 aliphatic rings. The van der Waals surface area contributed by atoms with Crippen molar-refractivity contribution in [2.24, 2.45) is 4.99 Å². The molecule has 0 radical (unpaired) electrons. The lowest BCUT2D eigenvalue weighted by Gasteiger charge is -2.13. The lowest BCUT2D eigenvalue weighted by atomic mass is 10.2. The minimum atomic E-state index is -0.398. The van der Waals surface area contributed by atoms with Crippen LogP contribution in [-0.4, -0.2) is 31.1 Å². The first-order valence-corrected chi connectivity index (χ1v) is 9.09. The van der Waals surface area contributed by atoms with Gasteiger partial charge in [-0.3, -0.25) is 15.1 Å². The number of nitrogens with zero attached hydrogens (tertiary/aromatic N) is 2. The normalized spacial score (nSPS) is 11.0. The second-order valence-electron chi connectivity index (χ2n) is 6.14. The Balaban J connectivity index is 1.81. The van der Waals surface area contributed by atoms with Gasteiger partial charge in [-0.1, -0.05) is 6.07 Å². The monoisotopic (exact) mass is 408 g/mol. The SMILES string of the molecule is COc1ccc(C(=O)NC(=NCc2ccccn2)Nc2ccc(F)cc2)cc1OC. The van der Waals surface area contributed by atoms with Gasteiger partial charge in [0.25, 0.3) is 5.91 Å². The van der Waals surface area contributed by atoms with Gasteiger partial charge in [0, 0.05) is 17.4 Å². The Morgan fingerprint density at radius 3 is 2.47 bits per heavy atom. The molecule has 7 nitrogen and oxygen atoms in total. The third-order valence-corrected chi connectivity index (χ3v) is 4.11. The maximum atomic E-state index is 13.2. The van der Waals surface area contributed by atoms with Crippen LogP contribution in [-0.2, 0) is 6.54 Å². The van der Waals surface area contributed by atoms with Gasteiger partial charge in [-0.25, -0.2) is 9.38 Å². The number of hydrogen-bond donors (Lipinski definition) is 2. The highest BCUT2D eigenvalue weighted by Gasteiger charge is 2.13. The number of halogens is 1. The number of guanidine groups is 1. The maximum Gasteiger partial charge on any atom is 0.258 e. The summed E-state index contributed by atoms with van der Waals surface area (Å²) in [5.74, 6) is 0.394. The van der Waals surface area contributed by atoms with Crippen molar-refractivity contribution in [3.8, 4) is 11.5 Å². The van der Waals surface area contributed by atoms with Crippen LogP contribution in [0.2, 0.25) is 0 Å². The minimum Gasteiger partial charge on any atom is -0.493 e. The topological polar surface area (TPSA) is 84.8 Å². The lowest BCUT2D eigenvalue weighted by molar-refractivity contribution is 0.0976. The van der Waals surface area contributed by atoms with Crippen LogP contribution in [0, 0.1) is 5.82 Å². The number of amides is 1. The molecule has 0 atom stereocenters. The second kappa shape index (κ2) is 10.0. The Labute approximate surface area is 173 Å². The molecule has 0 bridgehead atoms. The Kier molecular flexibility index (Phi) is 6.94. The zero-order valence-corrected chi connectivity index (χ0v) is 16.6. The van der Waals surface area contributed by atoms with Gasteiger partial charge in [0.2, 0.25) is 5.96 Å². The Bertz CT molecular complexity index is 1020. The summed E-state index contributed by atoms with van der Waals surface area (Å²) in [6.07, 6.45) is 1.67. The van der Waals surface area contributed by atoms with Crippen LogP contribution in [0.25, 0.3) is 0 Å². The van der Waals surface area contributed by atoms with Crippen LogP contribution in [0.4, 0.5) is 10.1 Å². The molecular weight excluding hydrogens is 387 g/mol. The number of anilines is 1. The molecular formula is C22H21FN4O3. The predicted molar refractivity (Wildman–Crippen MR) is 112 cm³/mol. The fourth-order valence-corrected chi connectivity index (χ4v) is 2.59. The summed E-state index contributed by atoms with van der Waals surface area (Å²) >= 11 is 0. The average Bonchev–Trinajstić information content (AvgIpc) is 2.79. The third kappa shape index (κ3) is 5.54. The molecule has 2 N–H and O–H groups in total. The van der Waals surface area contributed by atoms with Gasteiger partial charge in [-0.2, -0.15) is 0 Å². The Hall–Kier alpha value is -3.94. The minimum absolute atomic E-state index is 0.201. The van der Waals surface area contributed by atoms with Crippen molar-refractivity contribution in [1.82, 2.24) is 10.3 Å². The molecule has 154 valence electrons. The third-order valence-electron chi connectivity index (χ3n) is 4.11. The largest absolute Gasteiger partial charge is 0.493 e. The first kappa shape index (κ1) is 20.8. The van der Waals surface area contributed by atoms with Gasteiger partial charge in [0.15, 0.2) is 11.5 Å². The quantitative estimate of drug-likeness (QED) is 0.481. The molecule has 3 rings (SSSR count). The van der Waals surface area contributed by atoms with Crippen molar-refractivity contribution in [3.63, 3.8) is 0 Å². The number of carbonyl (C=O) groups excluding carboxylic acids is 1. The van der Waals surface area contributed by atoms with Crippen molar-refractivity contribution >= 4 is 17.6 Å². The smallest absolute Gasteiger partial charge is 0.258 e. The van der Waals surface area contributed by atoms with Crippen molar-refractivity contribution in [1.29, 1.82) is 0 Å². The fourth-order valence-electron chi connectivity index (χ4n) is 2.59. The Morgan fingerprint density at radius 2 is 1.80 bits per heavy atom. The van der Waals surface area contributed by atoms with Gasteiger partial charge in [0.05, 0.1) is 26.5 Å². The Morgan fingerprint density at radius 1 is 1.03 bits per heavy atom. The summed E-state index contributed by atoms with van der Waals surface area (Å²) in [7, 11) is 3.02. The molecule has 0 fully saturated rings. The van der Waals surface area contributed by atoms with Crippen molar-refractivity contribution < 1.29 is 18.7 Å². The summed E-state index contributed by atoms with van der Waals surface area (Å²) in [4.78, 5) is 21.4. The zero-order valence-electron chi connectivity index (χ0n) is 16.6. The number of nitrogens with one attached hydrogen (secondary N) is 2. The number of hydrogen-bond acceptors (Lipinski definition) is 5. The number of pyridine rings is 1. The molecule has 0 aliphatic carbocycles. The van der Waals surface area contributed by atoms with E-state index in [1.165, 1.54) is 26.4 Å². The number of rotatable bonds is 6. The summed E-state index contributed by atoms with van der Waals surface area (Å²) < 4.78 is 23.6. The van der Waals surface area contributed by atoms with E-state index in [0.717, 1.165) is 5.69 Å². The first-order valence-electron chi connectivity index (χ1n) is 9.09. The summed E-state index contributed by atoms with van der Waals surface area (Å²) in [5, 5.41) is 5.73. The molecule has 30 heavy (non-hydrogen) atoms. The van der Waals surface area contributed by atoms with E-state index >= 15 is 0 Å². The van der Waals surface area contributed by atoms with Crippen molar-refractivity contribution in [2.75, 3.05) is 19.5 Å². The van der Waals surface area contributed by atoms with Gasteiger partial charge >= 0.3 is 0 Å². The van der Waals surface area contributed by atoms with Gasteiger partial charge < -0.3 is 14.8 Å². The van der Waals surface area contributed by atoms with Crippen LogP contribution in [0.3, 0.4) is 0 Å². The van der Waals surface area contributed by atoms with Crippen molar-refractivity contribution in [3.05, 3.63) is 83.9 Å². The molecule has 0 saturated heterocycles. The van der Waals surface area contributed by atoms with Crippen LogP contribution in [0.5, 0.6) is 11.5 Å². The average molecular weight is 408 g/mol.